The van der Waals surface area contributed by atoms with Gasteiger partial charge in [0.15, 0.2) is 0 Å². The van der Waals surface area contributed by atoms with Crippen molar-refractivity contribution in [2.24, 2.45) is 11.7 Å². The molecule has 1 atom stereocenters. The molecule has 0 aromatic heterocycles. The summed E-state index contributed by atoms with van der Waals surface area (Å²) in [7, 11) is 0. The molecule has 2 amide bonds. The monoisotopic (exact) mass is 244 g/mol. The molecule has 0 radical (unpaired) electrons. The molecule has 0 aromatic carbocycles. The van der Waals surface area contributed by atoms with E-state index in [1.165, 1.54) is 13.8 Å². The van der Waals surface area contributed by atoms with Crippen LogP contribution in [0.25, 0.3) is 0 Å². The van der Waals surface area contributed by atoms with Crippen LogP contribution < -0.4 is 5.73 Å². The van der Waals surface area contributed by atoms with E-state index in [0.29, 0.717) is 11.3 Å². The first-order chi connectivity index (χ1) is 7.64. The second kappa shape index (κ2) is 5.77. The fourth-order valence-electron chi connectivity index (χ4n) is 1.35. The third-order valence-electron chi connectivity index (χ3n) is 2.51. The third-order valence-corrected chi connectivity index (χ3v) is 2.51. The molecular weight excluding hydrogens is 224 g/mol. The lowest BCUT2D eigenvalue weighted by atomic mass is 9.99. The van der Waals surface area contributed by atoms with Crippen molar-refractivity contribution >= 4 is 18.3 Å². The summed E-state index contributed by atoms with van der Waals surface area (Å²) in [6, 6.07) is -0.862. The smallest absolute Gasteiger partial charge is 0.329 e. The molecule has 0 saturated heterocycles. The molecule has 0 rings (SSSR count). The van der Waals surface area contributed by atoms with E-state index in [-0.39, 0.29) is 12.3 Å². The van der Waals surface area contributed by atoms with E-state index in [4.69, 9.17) is 10.8 Å². The zero-order chi connectivity index (χ0) is 13.8. The molecule has 0 aromatic rings. The number of carboxylic acids is 1. The highest BCUT2D eigenvalue weighted by atomic mass is 16.4. The molecule has 1 unspecified atom stereocenters. The third kappa shape index (κ3) is 3.81. The van der Waals surface area contributed by atoms with Crippen molar-refractivity contribution in [3.05, 3.63) is 0 Å². The molecule has 0 spiro atoms. The van der Waals surface area contributed by atoms with E-state index >= 15 is 0 Å². The maximum atomic E-state index is 11.9. The maximum Gasteiger partial charge on any atom is 0.329 e. The van der Waals surface area contributed by atoms with Gasteiger partial charge < -0.3 is 10.8 Å². The van der Waals surface area contributed by atoms with Crippen LogP contribution in [0.1, 0.15) is 34.1 Å². The molecule has 0 aliphatic rings. The summed E-state index contributed by atoms with van der Waals surface area (Å²) in [6.07, 6.45) is 0.621. The van der Waals surface area contributed by atoms with E-state index in [9.17, 15) is 14.4 Å². The Hall–Kier alpha value is -1.43. The Morgan fingerprint density at radius 2 is 1.88 bits per heavy atom. The van der Waals surface area contributed by atoms with Gasteiger partial charge in [-0.3, -0.25) is 14.5 Å². The van der Waals surface area contributed by atoms with Crippen molar-refractivity contribution in [3.63, 3.8) is 0 Å². The zero-order valence-corrected chi connectivity index (χ0v) is 10.6. The highest BCUT2D eigenvalue weighted by Crippen LogP contribution is 2.15. The van der Waals surface area contributed by atoms with E-state index in [1.54, 1.807) is 0 Å². The molecule has 0 saturated carbocycles. The number of aliphatic carboxylic acids is 1. The van der Waals surface area contributed by atoms with Crippen molar-refractivity contribution in [2.45, 2.75) is 45.7 Å². The highest BCUT2D eigenvalue weighted by Gasteiger charge is 2.39. The SMILES string of the molecule is CC(C)CC(N)C(=O)N(C=O)C(C)(C)C(=O)O. The van der Waals surface area contributed by atoms with Crippen molar-refractivity contribution in [1.82, 2.24) is 4.90 Å². The van der Waals surface area contributed by atoms with Gasteiger partial charge in [0.25, 0.3) is 0 Å². The number of carbonyl (C=O) groups is 3. The van der Waals surface area contributed by atoms with Gasteiger partial charge in [-0.25, -0.2) is 4.79 Å². The Labute approximate surface area is 101 Å². The lowest BCUT2D eigenvalue weighted by molar-refractivity contribution is -0.160. The Morgan fingerprint density at radius 3 is 2.18 bits per heavy atom. The van der Waals surface area contributed by atoms with Gasteiger partial charge in [0, 0.05) is 0 Å². The Morgan fingerprint density at radius 1 is 1.41 bits per heavy atom. The minimum absolute atomic E-state index is 0.190. The van der Waals surface area contributed by atoms with Gasteiger partial charge in [-0.2, -0.15) is 0 Å². The van der Waals surface area contributed by atoms with Crippen molar-refractivity contribution in [3.8, 4) is 0 Å². The minimum atomic E-state index is -1.59. The van der Waals surface area contributed by atoms with Crippen LogP contribution in [0.2, 0.25) is 0 Å². The first kappa shape index (κ1) is 15.6. The number of hydrogen-bond acceptors (Lipinski definition) is 4. The predicted molar refractivity (Wildman–Crippen MR) is 62.1 cm³/mol. The Kier molecular flexibility index (Phi) is 5.28. The molecule has 0 aliphatic heterocycles. The average molecular weight is 244 g/mol. The standard InChI is InChI=1S/C11H20N2O4/c1-7(2)5-8(12)9(15)13(6-14)11(3,4)10(16)17/h6-8H,5,12H2,1-4H3,(H,16,17). The molecule has 6 nitrogen and oxygen atoms in total. The number of nitrogens with two attached hydrogens (primary N) is 1. The van der Waals surface area contributed by atoms with E-state index < -0.39 is 23.5 Å². The molecule has 6 heteroatoms. The van der Waals surface area contributed by atoms with Gasteiger partial charge in [0.2, 0.25) is 12.3 Å². The lowest BCUT2D eigenvalue weighted by Crippen LogP contribution is -2.56. The molecule has 0 bridgehead atoms. The van der Waals surface area contributed by atoms with Crippen LogP contribution in [0.3, 0.4) is 0 Å². The molecular formula is C11H20N2O4. The first-order valence-electron chi connectivity index (χ1n) is 5.42. The average Bonchev–Trinajstić information content (AvgIpc) is 2.16. The van der Waals surface area contributed by atoms with Gasteiger partial charge >= 0.3 is 5.97 Å². The van der Waals surface area contributed by atoms with E-state index in [0.717, 1.165) is 0 Å². The second-order valence-electron chi connectivity index (χ2n) is 4.91. The van der Waals surface area contributed by atoms with Gasteiger partial charge in [-0.05, 0) is 26.2 Å². The lowest BCUT2D eigenvalue weighted by Gasteiger charge is -2.31. The number of nitrogens with zero attached hydrogens (tertiary/aromatic N) is 1. The summed E-state index contributed by atoms with van der Waals surface area (Å²) < 4.78 is 0. The largest absolute Gasteiger partial charge is 0.480 e. The highest BCUT2D eigenvalue weighted by molar-refractivity contribution is 5.96. The summed E-state index contributed by atoms with van der Waals surface area (Å²) in [5.41, 5.74) is 4.06. The molecule has 3 N–H and O–H groups in total. The van der Waals surface area contributed by atoms with Crippen LogP contribution in [0.15, 0.2) is 0 Å². The van der Waals surface area contributed by atoms with Crippen LogP contribution >= 0.6 is 0 Å². The van der Waals surface area contributed by atoms with Crippen molar-refractivity contribution in [1.29, 1.82) is 0 Å². The molecule has 0 fully saturated rings. The fraction of sp³-hybridized carbons (Fsp3) is 0.727. The second-order valence-corrected chi connectivity index (χ2v) is 4.91. The summed E-state index contributed by atoms with van der Waals surface area (Å²) in [4.78, 5) is 34.4. The summed E-state index contributed by atoms with van der Waals surface area (Å²) in [5.74, 6) is -1.73. The maximum absolute atomic E-state index is 11.9. The number of rotatable bonds is 6. The van der Waals surface area contributed by atoms with E-state index in [1.807, 2.05) is 13.8 Å². The summed E-state index contributed by atoms with van der Waals surface area (Å²) >= 11 is 0. The van der Waals surface area contributed by atoms with Crippen molar-refractivity contribution < 1.29 is 19.5 Å². The Balaban J connectivity index is 4.96. The van der Waals surface area contributed by atoms with Crippen LogP contribution in [-0.4, -0.2) is 39.9 Å². The predicted octanol–water partition coefficient (Wildman–Crippen LogP) is 0.208. The van der Waals surface area contributed by atoms with Gasteiger partial charge in [-0.1, -0.05) is 13.8 Å². The van der Waals surface area contributed by atoms with Crippen LogP contribution in [-0.2, 0) is 14.4 Å². The normalized spacial score (nSPS) is 13.3. The van der Waals surface area contributed by atoms with Gasteiger partial charge in [0.05, 0.1) is 6.04 Å². The first-order valence-corrected chi connectivity index (χ1v) is 5.42. The quantitative estimate of drug-likeness (QED) is 0.650. The topological polar surface area (TPSA) is 101 Å². The molecule has 98 valence electrons. The minimum Gasteiger partial charge on any atom is -0.480 e. The van der Waals surface area contributed by atoms with Crippen LogP contribution in [0.4, 0.5) is 0 Å². The fourth-order valence-corrected chi connectivity index (χ4v) is 1.35. The van der Waals surface area contributed by atoms with Gasteiger partial charge in [0.1, 0.15) is 5.54 Å². The zero-order valence-electron chi connectivity index (χ0n) is 10.6. The summed E-state index contributed by atoms with van der Waals surface area (Å²) in [6.45, 7) is 6.34. The molecule has 0 heterocycles. The Bertz CT molecular complexity index is 313. The molecule has 0 aliphatic carbocycles. The number of amides is 2. The number of hydrogen-bond donors (Lipinski definition) is 2. The molecule has 17 heavy (non-hydrogen) atoms. The van der Waals surface area contributed by atoms with E-state index in [2.05, 4.69) is 0 Å². The van der Waals surface area contributed by atoms with Crippen molar-refractivity contribution in [2.75, 3.05) is 0 Å². The van der Waals surface area contributed by atoms with Gasteiger partial charge in [-0.15, -0.1) is 0 Å². The number of carboxylic acid groups (broad SMARTS) is 1. The van der Waals surface area contributed by atoms with Crippen LogP contribution in [0, 0.1) is 5.92 Å². The number of carbonyl (C=O) groups excluding carboxylic acids is 2. The summed E-state index contributed by atoms with van der Waals surface area (Å²) in [5, 5.41) is 8.96. The number of imide groups is 1. The van der Waals surface area contributed by atoms with Crippen LogP contribution in [0.5, 0.6) is 0 Å².